The van der Waals surface area contributed by atoms with Gasteiger partial charge in [0.15, 0.2) is 23.2 Å². The molecule has 0 unspecified atom stereocenters. The topological polar surface area (TPSA) is 26.3 Å². The summed E-state index contributed by atoms with van der Waals surface area (Å²) < 4.78 is 44.9. The number of hydrogen-bond donors (Lipinski definition) is 0. The maximum absolute atomic E-state index is 13.2. The third-order valence-corrected chi connectivity index (χ3v) is 2.74. The summed E-state index contributed by atoms with van der Waals surface area (Å²) in [5.41, 5.74) is -0.109. The van der Waals surface area contributed by atoms with Crippen LogP contribution in [0, 0.1) is 17.5 Å². The molecule has 0 atom stereocenters. The Morgan fingerprint density at radius 3 is 2.19 bits per heavy atom. The highest BCUT2D eigenvalue weighted by atomic mass is 19.2. The van der Waals surface area contributed by atoms with E-state index in [1.54, 1.807) is 32.0 Å². The zero-order valence-corrected chi connectivity index (χ0v) is 11.5. The van der Waals surface area contributed by atoms with Crippen LogP contribution < -0.4 is 4.74 Å². The first-order chi connectivity index (χ1) is 9.90. The number of ketones is 1. The van der Waals surface area contributed by atoms with Gasteiger partial charge in [-0.05, 0) is 38.1 Å². The molecule has 2 nitrogen and oxygen atoms in total. The van der Waals surface area contributed by atoms with Crippen molar-refractivity contribution in [1.29, 1.82) is 0 Å². The summed E-state index contributed by atoms with van der Waals surface area (Å²) >= 11 is 0. The van der Waals surface area contributed by atoms with Crippen LogP contribution in [0.15, 0.2) is 36.4 Å². The van der Waals surface area contributed by atoms with Crippen LogP contribution >= 0.6 is 0 Å². The maximum atomic E-state index is 13.2. The largest absolute Gasteiger partial charge is 0.490 e. The highest BCUT2D eigenvalue weighted by Crippen LogP contribution is 2.24. The van der Waals surface area contributed by atoms with Crippen LogP contribution in [0.4, 0.5) is 13.2 Å². The molecule has 2 aromatic rings. The highest BCUT2D eigenvalue weighted by Gasteiger charge is 2.19. The Kier molecular flexibility index (Phi) is 4.31. The van der Waals surface area contributed by atoms with Gasteiger partial charge in [0.1, 0.15) is 5.75 Å². The van der Waals surface area contributed by atoms with Gasteiger partial charge in [-0.2, -0.15) is 0 Å². The molecule has 0 N–H and O–H groups in total. The van der Waals surface area contributed by atoms with E-state index >= 15 is 0 Å². The molecule has 0 fully saturated rings. The number of para-hydroxylation sites is 1. The summed E-state index contributed by atoms with van der Waals surface area (Å²) in [4.78, 5) is 12.3. The van der Waals surface area contributed by atoms with Crippen molar-refractivity contribution in [1.82, 2.24) is 0 Å². The van der Waals surface area contributed by atoms with E-state index in [4.69, 9.17) is 4.74 Å². The number of halogens is 3. The van der Waals surface area contributed by atoms with E-state index < -0.39 is 23.2 Å². The van der Waals surface area contributed by atoms with Gasteiger partial charge in [0.2, 0.25) is 0 Å². The van der Waals surface area contributed by atoms with Gasteiger partial charge >= 0.3 is 0 Å². The van der Waals surface area contributed by atoms with Gasteiger partial charge in [-0.3, -0.25) is 4.79 Å². The molecule has 110 valence electrons. The van der Waals surface area contributed by atoms with Crippen molar-refractivity contribution in [3.63, 3.8) is 0 Å². The maximum Gasteiger partial charge on any atom is 0.196 e. The molecule has 5 heteroatoms. The third-order valence-electron chi connectivity index (χ3n) is 2.74. The van der Waals surface area contributed by atoms with Gasteiger partial charge in [0.05, 0.1) is 11.7 Å². The van der Waals surface area contributed by atoms with Crippen LogP contribution in [-0.2, 0) is 0 Å². The summed E-state index contributed by atoms with van der Waals surface area (Å²) in [5.74, 6) is -4.73. The normalized spacial score (nSPS) is 10.8. The Hall–Kier alpha value is -2.30. The fraction of sp³-hybridized carbons (Fsp3) is 0.188. The lowest BCUT2D eigenvalue weighted by atomic mass is 10.0. The molecule has 2 aromatic carbocycles. The van der Waals surface area contributed by atoms with Crippen LogP contribution in [-0.4, -0.2) is 11.9 Å². The van der Waals surface area contributed by atoms with Gasteiger partial charge in [-0.1, -0.05) is 12.1 Å². The zero-order valence-electron chi connectivity index (χ0n) is 11.5. The van der Waals surface area contributed by atoms with Gasteiger partial charge in [-0.25, -0.2) is 13.2 Å². The van der Waals surface area contributed by atoms with Crippen LogP contribution in [0.1, 0.15) is 29.8 Å². The highest BCUT2D eigenvalue weighted by molar-refractivity contribution is 6.10. The van der Waals surface area contributed by atoms with Gasteiger partial charge in [-0.15, -0.1) is 0 Å². The second-order valence-electron chi connectivity index (χ2n) is 4.75. The molecule has 21 heavy (non-hydrogen) atoms. The first kappa shape index (κ1) is 15.1. The van der Waals surface area contributed by atoms with E-state index in [0.29, 0.717) is 17.9 Å². The molecule has 0 aliphatic heterocycles. The standard InChI is InChI=1S/C16H13F3O2/c1-9(2)21-14-6-4-3-5-11(14)16(20)10-7-12(17)15(19)13(18)8-10/h3-9H,1-2H3. The Balaban J connectivity index is 2.45. The number of hydrogen-bond acceptors (Lipinski definition) is 2. The lowest BCUT2D eigenvalue weighted by Crippen LogP contribution is -2.11. The lowest BCUT2D eigenvalue weighted by molar-refractivity contribution is 0.103. The van der Waals surface area contributed by atoms with Crippen molar-refractivity contribution in [2.24, 2.45) is 0 Å². The molecule has 0 aliphatic carbocycles. The van der Waals surface area contributed by atoms with Crippen molar-refractivity contribution in [3.05, 3.63) is 65.0 Å². The summed E-state index contributed by atoms with van der Waals surface area (Å²) in [6.07, 6.45) is -0.166. The predicted molar refractivity (Wildman–Crippen MR) is 72.0 cm³/mol. The number of ether oxygens (including phenoxy) is 1. The molecule has 0 aliphatic rings. The van der Waals surface area contributed by atoms with Crippen LogP contribution in [0.5, 0.6) is 5.75 Å². The molecule has 0 saturated heterocycles. The van der Waals surface area contributed by atoms with Crippen molar-refractivity contribution in [2.45, 2.75) is 20.0 Å². The second-order valence-corrected chi connectivity index (χ2v) is 4.75. The number of carbonyl (C=O) groups is 1. The monoisotopic (exact) mass is 294 g/mol. The molecule has 0 radical (unpaired) electrons. The van der Waals surface area contributed by atoms with Crippen molar-refractivity contribution < 1.29 is 22.7 Å². The SMILES string of the molecule is CC(C)Oc1ccccc1C(=O)c1cc(F)c(F)c(F)c1. The quantitative estimate of drug-likeness (QED) is 0.626. The fourth-order valence-corrected chi connectivity index (χ4v) is 1.85. The number of benzene rings is 2. The molecule has 0 amide bonds. The lowest BCUT2D eigenvalue weighted by Gasteiger charge is -2.13. The van der Waals surface area contributed by atoms with Gasteiger partial charge in [0.25, 0.3) is 0 Å². The van der Waals surface area contributed by atoms with Crippen molar-refractivity contribution >= 4 is 5.78 Å². The molecular formula is C16H13F3O2. The van der Waals surface area contributed by atoms with E-state index in [1.807, 2.05) is 0 Å². The minimum atomic E-state index is -1.60. The Morgan fingerprint density at radius 1 is 1.05 bits per heavy atom. The van der Waals surface area contributed by atoms with Crippen molar-refractivity contribution in [3.8, 4) is 5.75 Å². The minimum Gasteiger partial charge on any atom is -0.490 e. The fourth-order valence-electron chi connectivity index (χ4n) is 1.85. The summed E-state index contributed by atoms with van der Waals surface area (Å²) in [6, 6.07) is 7.71. The van der Waals surface area contributed by atoms with E-state index in [2.05, 4.69) is 0 Å². The number of carbonyl (C=O) groups excluding carboxylic acids is 1. The summed E-state index contributed by atoms with van der Waals surface area (Å²) in [7, 11) is 0. The summed E-state index contributed by atoms with van der Waals surface area (Å²) in [6.45, 7) is 3.58. The van der Waals surface area contributed by atoms with Crippen LogP contribution in [0.2, 0.25) is 0 Å². The Morgan fingerprint density at radius 2 is 1.62 bits per heavy atom. The smallest absolute Gasteiger partial charge is 0.196 e. The Labute approximate surface area is 120 Å². The molecule has 2 rings (SSSR count). The number of rotatable bonds is 4. The van der Waals surface area contributed by atoms with E-state index in [-0.39, 0.29) is 17.2 Å². The third kappa shape index (κ3) is 3.24. The first-order valence-electron chi connectivity index (χ1n) is 6.35. The average Bonchev–Trinajstić information content (AvgIpc) is 2.43. The molecule has 0 saturated carbocycles. The zero-order chi connectivity index (χ0) is 15.6. The summed E-state index contributed by atoms with van der Waals surface area (Å²) in [5, 5.41) is 0. The predicted octanol–water partition coefficient (Wildman–Crippen LogP) is 4.12. The van der Waals surface area contributed by atoms with Gasteiger partial charge in [0, 0.05) is 5.56 Å². The first-order valence-corrected chi connectivity index (χ1v) is 6.35. The minimum absolute atomic E-state index is 0.164. The van der Waals surface area contributed by atoms with E-state index in [1.165, 1.54) is 6.07 Å². The van der Waals surface area contributed by atoms with E-state index in [0.717, 1.165) is 0 Å². The molecule has 0 aromatic heterocycles. The molecule has 0 bridgehead atoms. The molecular weight excluding hydrogens is 281 g/mol. The average molecular weight is 294 g/mol. The van der Waals surface area contributed by atoms with Gasteiger partial charge < -0.3 is 4.74 Å². The molecule has 0 spiro atoms. The van der Waals surface area contributed by atoms with E-state index in [9.17, 15) is 18.0 Å². The van der Waals surface area contributed by atoms with Crippen molar-refractivity contribution in [2.75, 3.05) is 0 Å². The molecule has 0 heterocycles. The van der Waals surface area contributed by atoms with Crippen LogP contribution in [0.25, 0.3) is 0 Å². The van der Waals surface area contributed by atoms with Crippen LogP contribution in [0.3, 0.4) is 0 Å². The second kappa shape index (κ2) is 5.99. The Bertz CT molecular complexity index is 658.